The third-order valence-corrected chi connectivity index (χ3v) is 14.3. The van der Waals surface area contributed by atoms with Crippen molar-refractivity contribution in [3.05, 3.63) is 220 Å². The molecule has 92 heavy (non-hydrogen) atoms. The number of hydrogen-bond donors (Lipinski definition) is 2. The summed E-state index contributed by atoms with van der Waals surface area (Å²) in [5.74, 6) is -8.97. The second-order valence-electron chi connectivity index (χ2n) is 20.0. The number of aliphatic carboxylic acids is 2. The normalized spacial score (nSPS) is 11.5. The molecule has 0 spiro atoms. The fourth-order valence-corrected chi connectivity index (χ4v) is 9.44. The number of carbonyl (C=O) groups excluding carboxylic acids is 7. The summed E-state index contributed by atoms with van der Waals surface area (Å²) in [5.41, 5.74) is 6.70. The van der Waals surface area contributed by atoms with Crippen LogP contribution in [-0.2, 0) is 110 Å². The zero-order valence-electron chi connectivity index (χ0n) is 53.2. The monoisotopic (exact) mass is 1280 g/mol. The Kier molecular flexibility index (Phi) is 37.2. The fraction of sp³-hybridized carbons (Fsp3) is 0.333. The van der Waals surface area contributed by atoms with Crippen LogP contribution < -0.4 is 0 Å². The average molecular weight is 1280 g/mol. The van der Waals surface area contributed by atoms with Crippen molar-refractivity contribution in [2.75, 3.05) is 47.2 Å². The molecule has 0 aliphatic carbocycles. The first kappa shape index (κ1) is 76.6. The van der Waals surface area contributed by atoms with E-state index in [-0.39, 0.29) is 38.8 Å². The number of rotatable bonds is 29. The molecule has 0 bridgehead atoms. The Bertz CT molecular complexity index is 3250. The molecule has 0 fully saturated rings. The molecule has 6 aromatic carbocycles. The molecule has 20 heteroatoms. The maximum atomic E-state index is 12.1. The highest BCUT2D eigenvalue weighted by atomic mass is 32.1. The molecular weight excluding hydrogens is 1200 g/mol. The van der Waals surface area contributed by atoms with Crippen LogP contribution in [0.15, 0.2) is 187 Å². The van der Waals surface area contributed by atoms with Crippen LogP contribution in [0, 0.1) is 29.6 Å². The van der Waals surface area contributed by atoms with Gasteiger partial charge in [0, 0.05) is 24.4 Å². The molecule has 1 amide bonds. The highest BCUT2D eigenvalue weighted by molar-refractivity contribution is 7.09. The molecule has 0 saturated carbocycles. The van der Waals surface area contributed by atoms with Gasteiger partial charge in [-0.3, -0.25) is 43.2 Å². The number of nitrogens with zero attached hydrogens (tertiary/aromatic N) is 2. The number of carboxylic acid groups (broad SMARTS) is 2. The summed E-state index contributed by atoms with van der Waals surface area (Å²) in [6.45, 7) is 9.76. The molecular formula is C72H84N2O17S. The van der Waals surface area contributed by atoms with E-state index < -0.39 is 71.4 Å². The summed E-state index contributed by atoms with van der Waals surface area (Å²) in [5, 5.41) is 22.5. The minimum Gasteiger partial charge on any atom is -0.481 e. The number of carboxylic acids is 2. The number of benzene rings is 6. The molecule has 0 aliphatic heterocycles. The van der Waals surface area contributed by atoms with Crippen molar-refractivity contribution in [1.29, 1.82) is 0 Å². The highest BCUT2D eigenvalue weighted by Crippen LogP contribution is 2.25. The van der Waals surface area contributed by atoms with E-state index in [0.29, 0.717) is 51.4 Å². The Labute approximate surface area is 542 Å². The van der Waals surface area contributed by atoms with Gasteiger partial charge in [-0.25, -0.2) is 10.0 Å². The molecule has 2 N–H and O–H groups in total. The quantitative estimate of drug-likeness (QED) is 0.0145. The van der Waals surface area contributed by atoms with Crippen LogP contribution in [0.5, 0.6) is 0 Å². The van der Waals surface area contributed by atoms with Crippen molar-refractivity contribution >= 4 is 65.3 Å². The van der Waals surface area contributed by atoms with E-state index in [9.17, 15) is 48.3 Å². The van der Waals surface area contributed by atoms with Gasteiger partial charge >= 0.3 is 41.8 Å². The first-order valence-corrected chi connectivity index (χ1v) is 31.1. The number of thiazole rings is 1. The minimum absolute atomic E-state index is 0.162. The summed E-state index contributed by atoms with van der Waals surface area (Å²) in [6, 6.07) is 57.0. The van der Waals surface area contributed by atoms with Gasteiger partial charge in [-0.2, -0.15) is 0 Å². The summed E-state index contributed by atoms with van der Waals surface area (Å²) in [4.78, 5) is 113. The molecule has 1 aromatic heterocycles. The molecule has 0 aliphatic rings. The lowest BCUT2D eigenvalue weighted by atomic mass is 9.95. The average Bonchev–Trinajstić information content (AvgIpc) is 2.10. The minimum atomic E-state index is -1.15. The zero-order chi connectivity index (χ0) is 67.5. The van der Waals surface area contributed by atoms with Gasteiger partial charge in [-0.05, 0) is 101 Å². The Morgan fingerprint density at radius 1 is 0.457 bits per heavy atom. The summed E-state index contributed by atoms with van der Waals surface area (Å²) >= 11 is 1.60. The van der Waals surface area contributed by atoms with E-state index in [4.69, 9.17) is 33.6 Å². The van der Waals surface area contributed by atoms with Gasteiger partial charge in [0.1, 0.15) is 18.1 Å². The topological polar surface area (TPSA) is 266 Å². The summed E-state index contributed by atoms with van der Waals surface area (Å²) in [7, 11) is 2.85. The van der Waals surface area contributed by atoms with Gasteiger partial charge in [0.05, 0.1) is 56.8 Å². The molecule has 0 saturated heterocycles. The van der Waals surface area contributed by atoms with Crippen LogP contribution >= 0.6 is 11.3 Å². The van der Waals surface area contributed by atoms with E-state index in [1.807, 2.05) is 163 Å². The van der Waals surface area contributed by atoms with Gasteiger partial charge in [0.15, 0.2) is 11.8 Å². The Balaban J connectivity index is 0.000000303. The number of hydroxylamine groups is 2. The summed E-state index contributed by atoms with van der Waals surface area (Å²) in [6.07, 6.45) is 3.67. The van der Waals surface area contributed by atoms with E-state index >= 15 is 0 Å². The number of esters is 5. The van der Waals surface area contributed by atoms with E-state index in [1.54, 1.807) is 70.2 Å². The van der Waals surface area contributed by atoms with Crippen LogP contribution in [0.1, 0.15) is 73.9 Å². The second-order valence-corrected chi connectivity index (χ2v) is 21.0. The van der Waals surface area contributed by atoms with Crippen molar-refractivity contribution in [3.8, 4) is 11.3 Å². The van der Waals surface area contributed by atoms with Crippen molar-refractivity contribution in [2.24, 2.45) is 29.6 Å². The number of ether oxygens (including phenoxy) is 5. The number of amides is 1. The molecule has 19 nitrogen and oxygen atoms in total. The number of aldehydes is 1. The summed E-state index contributed by atoms with van der Waals surface area (Å²) < 4.78 is 24.3. The number of aromatic nitrogens is 1. The number of carbonyl (C=O) groups is 9. The highest BCUT2D eigenvalue weighted by Gasteiger charge is 2.32. The molecule has 7 rings (SSSR count). The first-order valence-electron chi connectivity index (χ1n) is 30.2. The number of aryl methyl sites for hydroxylation is 1. The predicted molar refractivity (Wildman–Crippen MR) is 348 cm³/mol. The first-order chi connectivity index (χ1) is 44.4. The smallest absolute Gasteiger partial charge is 0.320 e. The van der Waals surface area contributed by atoms with Gasteiger partial charge in [0.25, 0.3) is 5.91 Å². The van der Waals surface area contributed by atoms with Crippen molar-refractivity contribution in [1.82, 2.24) is 10.0 Å². The maximum absolute atomic E-state index is 12.1. The molecule has 0 radical (unpaired) electrons. The van der Waals surface area contributed by atoms with Gasteiger partial charge in [-0.15, -0.1) is 11.3 Å². The Morgan fingerprint density at radius 2 is 0.793 bits per heavy atom. The Morgan fingerprint density at radius 3 is 1.16 bits per heavy atom. The molecule has 7 aromatic rings. The van der Waals surface area contributed by atoms with Crippen molar-refractivity contribution in [2.45, 2.75) is 79.6 Å². The van der Waals surface area contributed by atoms with E-state index in [1.165, 1.54) is 14.2 Å². The van der Waals surface area contributed by atoms with Crippen molar-refractivity contribution < 1.29 is 81.9 Å². The van der Waals surface area contributed by atoms with Crippen LogP contribution in [0.2, 0.25) is 0 Å². The SMILES string of the molecule is CCOC(=O)C(C=O)Cc1ccccc1.CCOC(=O)C(Cc1ccccc1)C(=O)N(C)OC.CCOC(=O)C(Cc1ccccc1)C(=O)O.CCOC(=O)C(Cc1ccccc1)C(=O)OCC.O=C(O)C(CCc1nc(-c2ccccc2)cs1)Cc1ccccc1. The number of hydrogen-bond acceptors (Lipinski definition) is 17. The third-order valence-electron chi connectivity index (χ3n) is 13.4. The van der Waals surface area contributed by atoms with Crippen LogP contribution in [0.4, 0.5) is 0 Å². The van der Waals surface area contributed by atoms with Crippen LogP contribution in [0.3, 0.4) is 0 Å². The van der Waals surface area contributed by atoms with Crippen LogP contribution in [0.25, 0.3) is 11.3 Å². The third kappa shape index (κ3) is 29.3. The molecule has 4 unspecified atom stereocenters. The molecule has 4 atom stereocenters. The lowest BCUT2D eigenvalue weighted by Crippen LogP contribution is -2.38. The molecule has 490 valence electrons. The van der Waals surface area contributed by atoms with Gasteiger partial charge in [-0.1, -0.05) is 182 Å². The Hall–Kier alpha value is -9.66. The predicted octanol–water partition coefficient (Wildman–Crippen LogP) is 11.2. The fourth-order valence-electron chi connectivity index (χ4n) is 8.62. The van der Waals surface area contributed by atoms with E-state index in [0.717, 1.165) is 49.1 Å². The van der Waals surface area contributed by atoms with Gasteiger partial charge in [0.2, 0.25) is 0 Å². The van der Waals surface area contributed by atoms with Crippen LogP contribution in [-0.4, -0.2) is 121 Å². The second kappa shape index (κ2) is 44.7. The largest absolute Gasteiger partial charge is 0.481 e. The standard InChI is InChI=1S/C20H19NO2S.C14H19NO4.C14H18O4.C12H14O4.C12H14O3/c22-20(23)17(13-15-7-3-1-4-8-15)11-12-19-21-18(14-24-19)16-9-5-2-6-10-16;1-4-19-14(17)12(13(16)15(2)18-3)10-11-8-6-5-7-9-11;1-3-17-13(15)12(14(16)18-4-2)10-11-8-6-5-7-9-11;1-2-16-12(15)10(11(13)14)8-9-6-4-3-5-7-9;1-2-15-12(14)11(9-13)8-10-6-4-3-5-7-10/h1-10,14,17H,11-13H2,(H,22,23);5-9,12H,4,10H2,1-3H3;5-9,12H,3-4,10H2,1-2H3;3-7,10H,2,8H2,1H3,(H,13,14);3-7,9,11H,2,8H2,1H3. The van der Waals surface area contributed by atoms with Crippen molar-refractivity contribution in [3.63, 3.8) is 0 Å². The lowest BCUT2D eigenvalue weighted by Gasteiger charge is -2.20. The zero-order valence-corrected chi connectivity index (χ0v) is 54.0. The van der Waals surface area contributed by atoms with Gasteiger partial charge < -0.3 is 38.7 Å². The lowest BCUT2D eigenvalue weighted by molar-refractivity contribution is -0.179. The van der Waals surface area contributed by atoms with E-state index in [2.05, 4.69) is 4.98 Å². The molecule has 1 heterocycles. The maximum Gasteiger partial charge on any atom is 0.320 e.